The maximum Gasteiger partial charge on any atom is 0.336 e. The lowest BCUT2D eigenvalue weighted by atomic mass is 9.99. The minimum absolute atomic E-state index is 0.148. The quantitative estimate of drug-likeness (QED) is 0.0559. The lowest BCUT2D eigenvalue weighted by molar-refractivity contribution is -0.277. The number of hydrogen-bond donors (Lipinski definition) is 18. The number of rotatable bonds is 13. The number of ether oxygens (including phenoxy) is 10. The molecule has 38 heteroatoms. The van der Waals surface area contributed by atoms with E-state index in [9.17, 15) is 101 Å². The molecule has 0 saturated carbocycles. The average Bonchev–Trinajstić information content (AvgIpc) is 0.808. The third kappa shape index (κ3) is 20.3. The van der Waals surface area contributed by atoms with Crippen LogP contribution in [0.2, 0.25) is 0 Å². The van der Waals surface area contributed by atoms with Gasteiger partial charge in [0.1, 0.15) is 167 Å². The first-order chi connectivity index (χ1) is 55.5. The second kappa shape index (κ2) is 37.9. The van der Waals surface area contributed by atoms with E-state index in [0.29, 0.717) is 39.4 Å². The Bertz CT molecular complexity index is 5070. The highest BCUT2D eigenvalue weighted by molar-refractivity contribution is 5.84. The summed E-state index contributed by atoms with van der Waals surface area (Å²) < 4.78 is 79.4. The van der Waals surface area contributed by atoms with Crippen molar-refractivity contribution >= 4 is 54.8 Å². The van der Waals surface area contributed by atoms with E-state index >= 15 is 0 Å². The van der Waals surface area contributed by atoms with Crippen LogP contribution >= 0.6 is 0 Å². The van der Waals surface area contributed by atoms with Crippen molar-refractivity contribution in [3.8, 4) is 28.7 Å². The molecule has 5 aliphatic rings. The van der Waals surface area contributed by atoms with Gasteiger partial charge in [0.05, 0.1) is 32.5 Å². The Balaban J connectivity index is 0.000000144. The molecule has 5 fully saturated rings. The van der Waals surface area contributed by atoms with E-state index in [2.05, 4.69) is 0 Å². The average molecular weight is 1650 g/mol. The summed E-state index contributed by atoms with van der Waals surface area (Å²) in [5.41, 5.74) is 3.03. The van der Waals surface area contributed by atoms with Gasteiger partial charge in [0.25, 0.3) is 0 Å². The number of fused-ring (bicyclic) bond motifs is 5. The molecule has 0 amide bonds. The Morgan fingerprint density at radius 3 is 0.752 bits per heavy atom. The van der Waals surface area contributed by atoms with Crippen LogP contribution in [0.3, 0.4) is 0 Å². The minimum atomic E-state index is -1.53. The van der Waals surface area contributed by atoms with E-state index in [-0.39, 0.29) is 23.9 Å². The molecule has 5 aliphatic heterocycles. The minimum Gasteiger partial charge on any atom is -0.462 e. The summed E-state index contributed by atoms with van der Waals surface area (Å²) in [6, 6.07) is 30.9. The zero-order chi connectivity index (χ0) is 84.9. The predicted octanol–water partition coefficient (Wildman–Crippen LogP) is -1.93. The Morgan fingerprint density at radius 1 is 0.282 bits per heavy atom. The van der Waals surface area contributed by atoms with Crippen molar-refractivity contribution in [2.75, 3.05) is 26.4 Å². The van der Waals surface area contributed by atoms with Crippen LogP contribution in [0.1, 0.15) is 34.7 Å². The van der Waals surface area contributed by atoms with Gasteiger partial charge in [-0.1, -0.05) is 0 Å². The molecule has 5 aromatic carbocycles. The van der Waals surface area contributed by atoms with E-state index in [0.717, 1.165) is 54.7 Å². The number of aliphatic hydroxyl groups excluding tert-OH is 18. The molecule has 5 aromatic heterocycles. The first kappa shape index (κ1) is 88.1. The Labute approximate surface area is 659 Å². The second-order valence-corrected chi connectivity index (χ2v) is 28.1. The highest BCUT2D eigenvalue weighted by atomic mass is 16.7. The number of hydrogen-bond acceptors (Lipinski definition) is 38. The highest BCUT2D eigenvalue weighted by Gasteiger charge is 2.48. The third-order valence-corrected chi connectivity index (χ3v) is 19.7. The molecule has 0 spiro atoms. The van der Waals surface area contributed by atoms with Crippen LogP contribution in [0.25, 0.3) is 54.8 Å². The van der Waals surface area contributed by atoms with E-state index in [1.807, 2.05) is 0 Å². The van der Waals surface area contributed by atoms with Gasteiger partial charge >= 0.3 is 28.1 Å². The fraction of sp³-hybridized carbons (Fsp3) is 0.430. The molecular weight excluding hydrogens is 1560 g/mol. The predicted molar refractivity (Wildman–Crippen MR) is 401 cm³/mol. The van der Waals surface area contributed by atoms with Gasteiger partial charge in [-0.3, -0.25) is 0 Å². The summed E-state index contributed by atoms with van der Waals surface area (Å²) in [7, 11) is 0. The molecule has 15 rings (SSSR count). The van der Waals surface area contributed by atoms with Gasteiger partial charge in [-0.25, -0.2) is 24.0 Å². The van der Waals surface area contributed by atoms with Gasteiger partial charge in [0.15, 0.2) is 0 Å². The number of aliphatic hydroxyl groups is 18. The summed E-state index contributed by atoms with van der Waals surface area (Å²) in [5, 5.41) is 178. The van der Waals surface area contributed by atoms with Gasteiger partial charge in [0, 0.05) is 87.6 Å². The van der Waals surface area contributed by atoms with Crippen LogP contribution in [-0.4, -0.2) is 266 Å². The topological polar surface area (TPSA) is 607 Å². The van der Waals surface area contributed by atoms with Crippen LogP contribution in [0, 0.1) is 34.6 Å². The molecule has 24 atom stereocenters. The fourth-order valence-electron chi connectivity index (χ4n) is 13.1. The molecule has 0 bridgehead atoms. The first-order valence-electron chi connectivity index (χ1n) is 36.4. The molecule has 0 aliphatic carbocycles. The highest BCUT2D eigenvalue weighted by Crippen LogP contribution is 2.34. The lowest BCUT2D eigenvalue weighted by Crippen LogP contribution is -2.60. The fourth-order valence-corrected chi connectivity index (χ4v) is 13.1. The van der Waals surface area contributed by atoms with Crippen LogP contribution in [0.4, 0.5) is 0 Å². The zero-order valence-electron chi connectivity index (χ0n) is 62.9. The second-order valence-electron chi connectivity index (χ2n) is 28.1. The summed E-state index contributed by atoms with van der Waals surface area (Å²) in [6.07, 6.45) is -31.4. The third-order valence-electron chi connectivity index (χ3n) is 19.7. The van der Waals surface area contributed by atoms with E-state index in [4.69, 9.17) is 84.8 Å². The molecule has 5 saturated heterocycles. The van der Waals surface area contributed by atoms with Crippen LogP contribution in [0.15, 0.2) is 167 Å². The Kier molecular flexibility index (Phi) is 28.5. The van der Waals surface area contributed by atoms with Gasteiger partial charge in [0.2, 0.25) is 31.5 Å². The lowest BCUT2D eigenvalue weighted by Gasteiger charge is -2.39. The monoisotopic (exact) mass is 1640 g/mol. The molecule has 24 unspecified atom stereocenters. The molecule has 10 heterocycles. The van der Waals surface area contributed by atoms with E-state index < -0.39 is 195 Å². The maximum atomic E-state index is 11.5. The van der Waals surface area contributed by atoms with E-state index in [1.165, 1.54) is 60.7 Å². The molecule has 117 heavy (non-hydrogen) atoms. The SMILES string of the molecule is Cc1cc(=O)oc2cc(OC3OC(C)C(O)C(O)C3O)ccc12.Cc1cc(=O)oc2cc(OC3OC(CO)C(O)C(O)C3O)ccc12.Cc1cc(=O)oc2cc(OC3OC(CO)C(O)C(O)C3O)ccc12.Cc1cc(=O)oc2cc(OC3OC(CO)C(O)C(O)C3O)ccc12.Cc1cc(=O)oc2cc(OC3OCC(O)C(O)C3O)ccc12. The van der Waals surface area contributed by atoms with Crippen molar-refractivity contribution in [2.45, 2.75) is 189 Å². The van der Waals surface area contributed by atoms with Crippen LogP contribution < -0.4 is 51.8 Å². The van der Waals surface area contributed by atoms with Crippen molar-refractivity contribution < 1.29 is 161 Å². The van der Waals surface area contributed by atoms with Gasteiger partial charge in [-0.05, 0) is 130 Å². The van der Waals surface area contributed by atoms with Crippen molar-refractivity contribution in [3.63, 3.8) is 0 Å². The summed E-state index contributed by atoms with van der Waals surface area (Å²) in [5.74, 6) is 1.33. The van der Waals surface area contributed by atoms with Gasteiger partial charge in [-0.2, -0.15) is 0 Å². The van der Waals surface area contributed by atoms with Crippen LogP contribution in [-0.2, 0) is 23.7 Å². The van der Waals surface area contributed by atoms with Crippen molar-refractivity contribution in [1.82, 2.24) is 0 Å². The van der Waals surface area contributed by atoms with Gasteiger partial charge in [-0.15, -0.1) is 0 Å². The largest absolute Gasteiger partial charge is 0.462 e. The Hall–Kier alpha value is -9.77. The smallest absolute Gasteiger partial charge is 0.336 e. The molecule has 10 aromatic rings. The molecule has 632 valence electrons. The number of aryl methyl sites for hydroxylation is 5. The summed E-state index contributed by atoms with van der Waals surface area (Å²) in [4.78, 5) is 57.2. The summed E-state index contributed by atoms with van der Waals surface area (Å²) in [6.45, 7) is 8.71. The maximum absolute atomic E-state index is 11.5. The molecular formula is C79H88O38. The first-order valence-corrected chi connectivity index (χ1v) is 36.4. The zero-order valence-corrected chi connectivity index (χ0v) is 62.9. The standard InChI is InChI=1S/3C16H18O8.C16H18O7.C15H16O7/c3*1-7-4-12(18)23-10-5-8(2-3-9(7)10)22-16-15(21)14(20)13(19)11(6-17)24-16;1-7-5-12(17)23-11-6-9(3-4-10(7)11)22-16-15(20)14(19)13(18)8(2)21-16;1-7-4-12(17)22-11-5-8(2-3-9(7)11)21-15-14(19)13(18)10(16)6-20-15/h3*2-5,11,13-17,19-21H,6H2,1H3;3-6,8,13-16,18-20H,1-2H3;2-5,10,13-16,18-19H,6H2,1H3. The van der Waals surface area contributed by atoms with Crippen molar-refractivity contribution in [3.05, 3.63) is 201 Å². The summed E-state index contributed by atoms with van der Waals surface area (Å²) >= 11 is 0. The van der Waals surface area contributed by atoms with Crippen LogP contribution in [0.5, 0.6) is 28.7 Å². The molecule has 18 N–H and O–H groups in total. The van der Waals surface area contributed by atoms with Crippen molar-refractivity contribution in [1.29, 1.82) is 0 Å². The molecule has 0 radical (unpaired) electrons. The Morgan fingerprint density at radius 2 is 0.504 bits per heavy atom. The van der Waals surface area contributed by atoms with Crippen molar-refractivity contribution in [2.24, 2.45) is 0 Å². The van der Waals surface area contributed by atoms with Gasteiger partial charge < -0.3 is 161 Å². The van der Waals surface area contributed by atoms with E-state index in [1.54, 1.807) is 102 Å². The number of benzene rings is 5. The molecule has 38 nitrogen and oxygen atoms in total. The normalized spacial score (nSPS) is 30.3.